The summed E-state index contributed by atoms with van der Waals surface area (Å²) in [6.45, 7) is 4.00. The minimum absolute atomic E-state index is 0.714. The summed E-state index contributed by atoms with van der Waals surface area (Å²) in [6, 6.07) is 14.0. The second kappa shape index (κ2) is 5.24. The highest BCUT2D eigenvalue weighted by atomic mass is 79.9. The number of hydrogen-bond acceptors (Lipinski definition) is 2. The van der Waals surface area contributed by atoms with E-state index in [1.54, 1.807) is 0 Å². The molecule has 0 bridgehead atoms. The lowest BCUT2D eigenvalue weighted by molar-refractivity contribution is 1.37. The van der Waals surface area contributed by atoms with E-state index in [1.165, 1.54) is 5.56 Å². The minimum atomic E-state index is 0.714. The summed E-state index contributed by atoms with van der Waals surface area (Å²) in [6.07, 6.45) is 0. The van der Waals surface area contributed by atoms with Gasteiger partial charge in [0.25, 0.3) is 0 Å². The molecule has 2 aromatic rings. The van der Waals surface area contributed by atoms with E-state index >= 15 is 0 Å². The monoisotopic (exact) mass is 300 g/mol. The predicted octanol–water partition coefficient (Wildman–Crippen LogP) is 4.68. The Morgan fingerprint density at radius 2 is 1.83 bits per heavy atom. The first-order chi connectivity index (χ1) is 8.60. The van der Waals surface area contributed by atoms with E-state index in [-0.39, 0.29) is 0 Å². The van der Waals surface area contributed by atoms with Gasteiger partial charge in [-0.2, -0.15) is 5.26 Å². The van der Waals surface area contributed by atoms with Crippen LogP contribution in [-0.4, -0.2) is 0 Å². The lowest BCUT2D eigenvalue weighted by Crippen LogP contribution is -1.94. The molecular weight excluding hydrogens is 288 g/mol. The molecule has 2 rings (SSSR count). The molecule has 90 valence electrons. The molecular formula is C15H13BrN2. The highest BCUT2D eigenvalue weighted by Crippen LogP contribution is 2.25. The van der Waals surface area contributed by atoms with Crippen molar-refractivity contribution >= 4 is 27.3 Å². The third-order valence-corrected chi connectivity index (χ3v) is 3.32. The van der Waals surface area contributed by atoms with E-state index < -0.39 is 0 Å². The molecule has 0 amide bonds. The second-order valence-electron chi connectivity index (χ2n) is 4.23. The maximum Gasteiger partial charge on any atom is 0.0994 e. The first-order valence-electron chi connectivity index (χ1n) is 5.64. The van der Waals surface area contributed by atoms with Gasteiger partial charge in [-0.25, -0.2) is 0 Å². The van der Waals surface area contributed by atoms with Crippen LogP contribution in [0.1, 0.15) is 16.7 Å². The van der Waals surface area contributed by atoms with Crippen LogP contribution in [0.25, 0.3) is 0 Å². The molecule has 0 heterocycles. The molecule has 0 saturated heterocycles. The Balaban J connectivity index is 2.32. The molecule has 2 aromatic carbocycles. The Kier molecular flexibility index (Phi) is 3.69. The Hall–Kier alpha value is -1.79. The van der Waals surface area contributed by atoms with Crippen molar-refractivity contribution < 1.29 is 0 Å². The van der Waals surface area contributed by atoms with Crippen molar-refractivity contribution in [2.45, 2.75) is 13.8 Å². The Labute approximate surface area is 115 Å². The Morgan fingerprint density at radius 3 is 2.50 bits per heavy atom. The molecule has 0 aliphatic heterocycles. The summed E-state index contributed by atoms with van der Waals surface area (Å²) in [5.74, 6) is 0. The molecule has 18 heavy (non-hydrogen) atoms. The van der Waals surface area contributed by atoms with Gasteiger partial charge in [-0.05, 0) is 55.3 Å². The summed E-state index contributed by atoms with van der Waals surface area (Å²) >= 11 is 3.46. The van der Waals surface area contributed by atoms with Crippen molar-refractivity contribution in [1.82, 2.24) is 0 Å². The largest absolute Gasteiger partial charge is 0.355 e. The fraction of sp³-hybridized carbons (Fsp3) is 0.133. The number of benzene rings is 2. The minimum Gasteiger partial charge on any atom is -0.355 e. The van der Waals surface area contributed by atoms with Gasteiger partial charge in [-0.1, -0.05) is 22.0 Å². The number of aryl methyl sites for hydroxylation is 2. The van der Waals surface area contributed by atoms with E-state index in [1.807, 2.05) is 37.3 Å². The zero-order valence-corrected chi connectivity index (χ0v) is 11.9. The Bertz CT molecular complexity index is 627. The molecule has 0 aliphatic rings. The van der Waals surface area contributed by atoms with Gasteiger partial charge in [0.2, 0.25) is 0 Å². The third kappa shape index (κ3) is 2.72. The van der Waals surface area contributed by atoms with Gasteiger partial charge in [0.15, 0.2) is 0 Å². The van der Waals surface area contributed by atoms with Crippen LogP contribution in [0.15, 0.2) is 40.9 Å². The number of halogens is 1. The lowest BCUT2D eigenvalue weighted by atomic mass is 10.1. The molecule has 0 spiro atoms. The predicted molar refractivity (Wildman–Crippen MR) is 78.1 cm³/mol. The number of nitriles is 1. The quantitative estimate of drug-likeness (QED) is 0.874. The summed E-state index contributed by atoms with van der Waals surface area (Å²) < 4.78 is 1.04. The van der Waals surface area contributed by atoms with Crippen molar-refractivity contribution in [3.05, 3.63) is 57.6 Å². The standard InChI is InChI=1S/C15H13BrN2/c1-10-3-5-13(16)8-15(10)18-14-6-4-12(9-17)11(2)7-14/h3-8,18H,1-2H3. The average Bonchev–Trinajstić information content (AvgIpc) is 2.34. The SMILES string of the molecule is Cc1cc(Nc2cc(Br)ccc2C)ccc1C#N. The van der Waals surface area contributed by atoms with E-state index in [2.05, 4.69) is 40.3 Å². The highest BCUT2D eigenvalue weighted by Gasteiger charge is 2.02. The summed E-state index contributed by atoms with van der Waals surface area (Å²) in [5.41, 5.74) is 4.93. The van der Waals surface area contributed by atoms with E-state index in [9.17, 15) is 0 Å². The third-order valence-electron chi connectivity index (χ3n) is 2.83. The average molecular weight is 301 g/mol. The van der Waals surface area contributed by atoms with E-state index in [0.717, 1.165) is 21.4 Å². The highest BCUT2D eigenvalue weighted by molar-refractivity contribution is 9.10. The summed E-state index contributed by atoms with van der Waals surface area (Å²) in [7, 11) is 0. The van der Waals surface area contributed by atoms with Crippen LogP contribution < -0.4 is 5.32 Å². The first-order valence-corrected chi connectivity index (χ1v) is 6.43. The number of nitrogens with zero attached hydrogens (tertiary/aromatic N) is 1. The van der Waals surface area contributed by atoms with Crippen molar-refractivity contribution in [3.8, 4) is 6.07 Å². The van der Waals surface area contributed by atoms with Crippen LogP contribution in [0.2, 0.25) is 0 Å². The number of rotatable bonds is 2. The zero-order valence-electron chi connectivity index (χ0n) is 10.3. The van der Waals surface area contributed by atoms with E-state index in [4.69, 9.17) is 5.26 Å². The van der Waals surface area contributed by atoms with Crippen LogP contribution in [-0.2, 0) is 0 Å². The first kappa shape index (κ1) is 12.7. The molecule has 0 atom stereocenters. The van der Waals surface area contributed by atoms with Gasteiger partial charge in [0.05, 0.1) is 11.6 Å². The smallest absolute Gasteiger partial charge is 0.0994 e. The fourth-order valence-corrected chi connectivity index (χ4v) is 2.11. The van der Waals surface area contributed by atoms with Gasteiger partial charge >= 0.3 is 0 Å². The molecule has 3 heteroatoms. The summed E-state index contributed by atoms with van der Waals surface area (Å²) in [5, 5.41) is 12.3. The van der Waals surface area contributed by atoms with Crippen molar-refractivity contribution in [3.63, 3.8) is 0 Å². The summed E-state index contributed by atoms with van der Waals surface area (Å²) in [4.78, 5) is 0. The molecule has 1 N–H and O–H groups in total. The lowest BCUT2D eigenvalue weighted by Gasteiger charge is -2.11. The van der Waals surface area contributed by atoms with Crippen LogP contribution in [0.3, 0.4) is 0 Å². The van der Waals surface area contributed by atoms with E-state index in [0.29, 0.717) is 5.56 Å². The molecule has 0 aromatic heterocycles. The molecule has 2 nitrogen and oxygen atoms in total. The molecule has 0 radical (unpaired) electrons. The molecule has 0 aliphatic carbocycles. The maximum atomic E-state index is 8.90. The molecule has 0 unspecified atom stereocenters. The van der Waals surface area contributed by atoms with Crippen LogP contribution in [0, 0.1) is 25.2 Å². The van der Waals surface area contributed by atoms with Crippen LogP contribution >= 0.6 is 15.9 Å². The van der Waals surface area contributed by atoms with Gasteiger partial charge < -0.3 is 5.32 Å². The van der Waals surface area contributed by atoms with Gasteiger partial charge in [0, 0.05) is 15.8 Å². The fourth-order valence-electron chi connectivity index (χ4n) is 1.75. The van der Waals surface area contributed by atoms with Crippen molar-refractivity contribution in [1.29, 1.82) is 5.26 Å². The topological polar surface area (TPSA) is 35.8 Å². The molecule has 0 fully saturated rings. The zero-order chi connectivity index (χ0) is 13.1. The Morgan fingerprint density at radius 1 is 1.06 bits per heavy atom. The van der Waals surface area contributed by atoms with Crippen molar-refractivity contribution in [2.24, 2.45) is 0 Å². The van der Waals surface area contributed by atoms with Gasteiger partial charge in [0.1, 0.15) is 0 Å². The number of nitrogens with one attached hydrogen (secondary N) is 1. The van der Waals surface area contributed by atoms with Gasteiger partial charge in [-0.3, -0.25) is 0 Å². The van der Waals surface area contributed by atoms with Crippen molar-refractivity contribution in [2.75, 3.05) is 5.32 Å². The van der Waals surface area contributed by atoms with Crippen LogP contribution in [0.5, 0.6) is 0 Å². The number of anilines is 2. The second-order valence-corrected chi connectivity index (χ2v) is 5.14. The number of hydrogen-bond donors (Lipinski definition) is 1. The van der Waals surface area contributed by atoms with Crippen LogP contribution in [0.4, 0.5) is 11.4 Å². The van der Waals surface area contributed by atoms with Gasteiger partial charge in [-0.15, -0.1) is 0 Å². The maximum absolute atomic E-state index is 8.90. The normalized spacial score (nSPS) is 9.89. The molecule has 0 saturated carbocycles.